The van der Waals surface area contributed by atoms with Crippen molar-refractivity contribution < 1.29 is 17.2 Å². The Balaban J connectivity index is 2.28. The van der Waals surface area contributed by atoms with Gasteiger partial charge in [0.25, 0.3) is 0 Å². The molecule has 0 N–H and O–H groups in total. The lowest BCUT2D eigenvalue weighted by molar-refractivity contribution is 0.291. The minimum absolute atomic E-state index is 0.101. The highest BCUT2D eigenvalue weighted by Crippen LogP contribution is 2.33. The zero-order chi connectivity index (χ0) is 12.4. The van der Waals surface area contributed by atoms with Gasteiger partial charge in [-0.1, -0.05) is 0 Å². The Morgan fingerprint density at radius 3 is 2.82 bits per heavy atom. The number of hydrogen-bond donors (Lipinski definition) is 1. The largest absolute Gasteiger partial charge is 0.283 e. The standard InChI is InChI=1S/C11H13F2NO2S/c12-8-3-4-10(13)9(6-8)11-2-1-5-14(11)7-17(15)16/h3-4,6,11,17H,1-2,5,7H2/t11-/m1/s1. The van der Waals surface area contributed by atoms with Gasteiger partial charge in [0.05, 0.1) is 5.88 Å². The van der Waals surface area contributed by atoms with Crippen LogP contribution in [0.15, 0.2) is 18.2 Å². The zero-order valence-electron chi connectivity index (χ0n) is 9.10. The lowest BCUT2D eigenvalue weighted by Crippen LogP contribution is -2.25. The van der Waals surface area contributed by atoms with Crippen LogP contribution in [0.5, 0.6) is 0 Å². The van der Waals surface area contributed by atoms with Crippen molar-refractivity contribution in [2.45, 2.75) is 18.9 Å². The molecule has 94 valence electrons. The first-order chi connectivity index (χ1) is 8.08. The van der Waals surface area contributed by atoms with Gasteiger partial charge in [0.1, 0.15) is 11.6 Å². The highest BCUT2D eigenvalue weighted by molar-refractivity contribution is 7.72. The number of benzene rings is 1. The van der Waals surface area contributed by atoms with Crippen LogP contribution in [0.2, 0.25) is 0 Å². The normalized spacial score (nSPS) is 21.2. The van der Waals surface area contributed by atoms with E-state index in [1.54, 1.807) is 4.90 Å². The minimum atomic E-state index is -2.54. The van der Waals surface area contributed by atoms with Crippen molar-refractivity contribution in [2.75, 3.05) is 12.4 Å². The van der Waals surface area contributed by atoms with Gasteiger partial charge in [0, 0.05) is 11.6 Å². The molecule has 0 saturated carbocycles. The van der Waals surface area contributed by atoms with Gasteiger partial charge in [-0.2, -0.15) is 0 Å². The average Bonchev–Trinajstić information content (AvgIpc) is 2.69. The highest BCUT2D eigenvalue weighted by atomic mass is 32.2. The van der Waals surface area contributed by atoms with E-state index < -0.39 is 22.3 Å². The lowest BCUT2D eigenvalue weighted by atomic mass is 10.0. The molecular weight excluding hydrogens is 248 g/mol. The molecule has 1 fully saturated rings. The number of thiol groups is 1. The summed E-state index contributed by atoms with van der Waals surface area (Å²) in [6.45, 7) is 0.601. The maximum atomic E-state index is 13.6. The molecule has 1 aliphatic rings. The number of halogens is 2. The van der Waals surface area contributed by atoms with Crippen molar-refractivity contribution in [1.82, 2.24) is 4.90 Å². The first kappa shape index (κ1) is 12.4. The summed E-state index contributed by atoms with van der Waals surface area (Å²) in [7, 11) is -2.54. The minimum Gasteiger partial charge on any atom is -0.283 e. The van der Waals surface area contributed by atoms with Crippen molar-refractivity contribution in [3.05, 3.63) is 35.4 Å². The quantitative estimate of drug-likeness (QED) is 0.841. The van der Waals surface area contributed by atoms with Crippen LogP contribution in [-0.4, -0.2) is 25.7 Å². The number of rotatable bonds is 3. The maximum absolute atomic E-state index is 13.6. The molecular formula is C11H13F2NO2S. The van der Waals surface area contributed by atoms with E-state index in [2.05, 4.69) is 0 Å². The van der Waals surface area contributed by atoms with Crippen molar-refractivity contribution >= 4 is 10.7 Å². The summed E-state index contributed by atoms with van der Waals surface area (Å²) in [5.41, 5.74) is 0.249. The molecule has 1 atom stereocenters. The van der Waals surface area contributed by atoms with E-state index in [0.29, 0.717) is 13.0 Å². The van der Waals surface area contributed by atoms with Crippen LogP contribution in [0.4, 0.5) is 8.78 Å². The number of likely N-dealkylation sites (tertiary alicyclic amines) is 1. The molecule has 0 radical (unpaired) electrons. The monoisotopic (exact) mass is 261 g/mol. The van der Waals surface area contributed by atoms with Crippen LogP contribution in [0.1, 0.15) is 24.4 Å². The Bertz CT molecular complexity index is 482. The fourth-order valence-corrected chi connectivity index (χ4v) is 2.90. The summed E-state index contributed by atoms with van der Waals surface area (Å²) in [6.07, 6.45) is 1.45. The predicted molar refractivity (Wildman–Crippen MR) is 60.2 cm³/mol. The van der Waals surface area contributed by atoms with E-state index in [1.165, 1.54) is 0 Å². The summed E-state index contributed by atoms with van der Waals surface area (Å²) in [4.78, 5) is 1.67. The van der Waals surface area contributed by atoms with Gasteiger partial charge in [0.15, 0.2) is 10.7 Å². The van der Waals surface area contributed by atoms with Crippen LogP contribution >= 0.6 is 0 Å². The van der Waals surface area contributed by atoms with E-state index in [-0.39, 0.29) is 17.5 Å². The summed E-state index contributed by atoms with van der Waals surface area (Å²) in [5, 5.41) is 0. The van der Waals surface area contributed by atoms with Crippen LogP contribution in [0, 0.1) is 11.6 Å². The van der Waals surface area contributed by atoms with Crippen molar-refractivity contribution in [3.63, 3.8) is 0 Å². The second kappa shape index (κ2) is 5.10. The van der Waals surface area contributed by atoms with Crippen LogP contribution in [0.3, 0.4) is 0 Å². The fourth-order valence-electron chi connectivity index (χ4n) is 2.27. The second-order valence-corrected chi connectivity index (χ2v) is 5.06. The topological polar surface area (TPSA) is 37.4 Å². The predicted octanol–water partition coefficient (Wildman–Crippen LogP) is 1.67. The molecule has 1 aliphatic heterocycles. The zero-order valence-corrected chi connectivity index (χ0v) is 10.00. The van der Waals surface area contributed by atoms with Gasteiger partial charge in [0.2, 0.25) is 0 Å². The molecule has 0 spiro atoms. The van der Waals surface area contributed by atoms with E-state index in [4.69, 9.17) is 0 Å². The first-order valence-electron chi connectivity index (χ1n) is 5.38. The fraction of sp³-hybridized carbons (Fsp3) is 0.455. The molecule has 0 bridgehead atoms. The van der Waals surface area contributed by atoms with Crippen molar-refractivity contribution in [2.24, 2.45) is 0 Å². The average molecular weight is 261 g/mol. The third-order valence-corrected chi connectivity index (χ3v) is 3.57. The van der Waals surface area contributed by atoms with Crippen LogP contribution < -0.4 is 0 Å². The molecule has 17 heavy (non-hydrogen) atoms. The maximum Gasteiger partial charge on any atom is 0.153 e. The van der Waals surface area contributed by atoms with E-state index in [9.17, 15) is 17.2 Å². The molecule has 0 amide bonds. The third kappa shape index (κ3) is 2.81. The molecule has 2 rings (SSSR count). The Morgan fingerprint density at radius 2 is 2.12 bits per heavy atom. The van der Waals surface area contributed by atoms with Gasteiger partial charge in [-0.3, -0.25) is 4.90 Å². The lowest BCUT2D eigenvalue weighted by Gasteiger charge is -2.22. The van der Waals surface area contributed by atoms with Gasteiger partial charge in [-0.05, 0) is 37.6 Å². The van der Waals surface area contributed by atoms with Gasteiger partial charge < -0.3 is 0 Å². The molecule has 3 nitrogen and oxygen atoms in total. The van der Waals surface area contributed by atoms with Gasteiger partial charge in [-0.25, -0.2) is 17.2 Å². The number of nitrogens with zero attached hydrogens (tertiary/aromatic N) is 1. The number of hydrogen-bond acceptors (Lipinski definition) is 3. The Morgan fingerprint density at radius 1 is 1.35 bits per heavy atom. The molecule has 0 unspecified atom stereocenters. The van der Waals surface area contributed by atoms with E-state index in [1.807, 2.05) is 0 Å². The SMILES string of the molecule is O=[SH](=O)CN1CCC[C@@H]1c1cc(F)ccc1F. The molecule has 6 heteroatoms. The molecule has 0 aromatic heterocycles. The molecule has 0 aliphatic carbocycles. The first-order valence-corrected chi connectivity index (χ1v) is 6.75. The van der Waals surface area contributed by atoms with Crippen molar-refractivity contribution in [3.8, 4) is 0 Å². The third-order valence-electron chi connectivity index (χ3n) is 2.98. The van der Waals surface area contributed by atoms with E-state index in [0.717, 1.165) is 24.6 Å². The Hall–Kier alpha value is -1.01. The summed E-state index contributed by atoms with van der Waals surface area (Å²) in [5.74, 6) is -1.08. The molecule has 1 heterocycles. The van der Waals surface area contributed by atoms with Crippen LogP contribution in [0.25, 0.3) is 0 Å². The molecule has 1 aromatic carbocycles. The Labute approximate surface area is 100.0 Å². The van der Waals surface area contributed by atoms with Gasteiger partial charge in [-0.15, -0.1) is 0 Å². The van der Waals surface area contributed by atoms with Crippen LogP contribution in [-0.2, 0) is 10.7 Å². The summed E-state index contributed by atoms with van der Waals surface area (Å²) < 4.78 is 48.1. The second-order valence-electron chi connectivity index (χ2n) is 4.11. The highest BCUT2D eigenvalue weighted by Gasteiger charge is 2.28. The molecule has 1 aromatic rings. The molecule has 1 saturated heterocycles. The summed E-state index contributed by atoms with van der Waals surface area (Å²) in [6, 6.07) is 2.96. The summed E-state index contributed by atoms with van der Waals surface area (Å²) >= 11 is 0. The Kier molecular flexibility index (Phi) is 3.73. The van der Waals surface area contributed by atoms with E-state index >= 15 is 0 Å². The smallest absolute Gasteiger partial charge is 0.153 e. The van der Waals surface area contributed by atoms with Gasteiger partial charge >= 0.3 is 0 Å². The van der Waals surface area contributed by atoms with Crippen molar-refractivity contribution in [1.29, 1.82) is 0 Å².